The van der Waals surface area contributed by atoms with Gasteiger partial charge in [0.25, 0.3) is 0 Å². The zero-order valence-electron chi connectivity index (χ0n) is 10.5. The van der Waals surface area contributed by atoms with E-state index in [0.29, 0.717) is 11.5 Å². The fourth-order valence-electron chi connectivity index (χ4n) is 2.76. The Kier molecular flexibility index (Phi) is 3.78. The van der Waals surface area contributed by atoms with Gasteiger partial charge >= 0.3 is 0 Å². The topological polar surface area (TPSA) is 17.1 Å². The lowest BCUT2D eigenvalue weighted by atomic mass is 9.76. The van der Waals surface area contributed by atoms with Crippen LogP contribution >= 0.6 is 0 Å². The Morgan fingerprint density at radius 1 is 1.12 bits per heavy atom. The van der Waals surface area contributed by atoms with E-state index < -0.39 is 0 Å². The van der Waals surface area contributed by atoms with Crippen LogP contribution in [-0.4, -0.2) is 5.78 Å². The average Bonchev–Trinajstić information content (AvgIpc) is 2.39. The number of carbonyl (C=O) groups is 1. The van der Waals surface area contributed by atoms with Gasteiger partial charge in [-0.2, -0.15) is 0 Å². The van der Waals surface area contributed by atoms with Crippen LogP contribution in [0.2, 0.25) is 0 Å². The maximum atomic E-state index is 11.8. The van der Waals surface area contributed by atoms with Gasteiger partial charge in [0.2, 0.25) is 0 Å². The normalized spacial score (nSPS) is 24.3. The highest BCUT2D eigenvalue weighted by Crippen LogP contribution is 2.36. The molecular formula is C16H20O. The lowest BCUT2D eigenvalue weighted by Crippen LogP contribution is -2.21. The third-order valence-corrected chi connectivity index (χ3v) is 3.79. The van der Waals surface area contributed by atoms with Crippen molar-refractivity contribution in [3.63, 3.8) is 0 Å². The first-order valence-electron chi connectivity index (χ1n) is 6.43. The standard InChI is InChI=1S/C16H20O/c1-12(2)16(17)15-10-8-14(9-11-15)13-6-4-3-5-7-13/h3-7,14-15H,1,8-11H2,2H3. The highest BCUT2D eigenvalue weighted by atomic mass is 16.1. The molecule has 1 aromatic carbocycles. The third kappa shape index (κ3) is 2.85. The number of carbonyl (C=O) groups excluding carboxylic acids is 1. The summed E-state index contributed by atoms with van der Waals surface area (Å²) in [7, 11) is 0. The molecule has 1 aliphatic carbocycles. The molecule has 0 amide bonds. The zero-order chi connectivity index (χ0) is 12.3. The molecule has 1 aromatic rings. The van der Waals surface area contributed by atoms with Crippen molar-refractivity contribution in [2.45, 2.75) is 38.5 Å². The number of rotatable bonds is 3. The van der Waals surface area contributed by atoms with Crippen LogP contribution in [0, 0.1) is 5.92 Å². The second-order valence-electron chi connectivity index (χ2n) is 5.10. The van der Waals surface area contributed by atoms with E-state index in [-0.39, 0.29) is 11.7 Å². The van der Waals surface area contributed by atoms with Crippen molar-refractivity contribution >= 4 is 5.78 Å². The monoisotopic (exact) mass is 228 g/mol. The highest BCUT2D eigenvalue weighted by molar-refractivity contribution is 5.96. The molecule has 1 aliphatic rings. The Bertz CT molecular complexity index is 397. The van der Waals surface area contributed by atoms with Gasteiger partial charge < -0.3 is 0 Å². The maximum Gasteiger partial charge on any atom is 0.161 e. The van der Waals surface area contributed by atoms with Crippen LogP contribution in [0.4, 0.5) is 0 Å². The van der Waals surface area contributed by atoms with Crippen LogP contribution in [0.25, 0.3) is 0 Å². The van der Waals surface area contributed by atoms with Crippen LogP contribution in [-0.2, 0) is 4.79 Å². The fourth-order valence-corrected chi connectivity index (χ4v) is 2.76. The van der Waals surface area contributed by atoms with Gasteiger partial charge in [-0.3, -0.25) is 4.79 Å². The van der Waals surface area contributed by atoms with E-state index in [2.05, 4.69) is 36.9 Å². The summed E-state index contributed by atoms with van der Waals surface area (Å²) in [6, 6.07) is 10.7. The van der Waals surface area contributed by atoms with Crippen LogP contribution in [0.5, 0.6) is 0 Å². The Hall–Kier alpha value is -1.37. The third-order valence-electron chi connectivity index (χ3n) is 3.79. The Labute approximate surface area is 104 Å². The molecule has 0 bridgehead atoms. The average molecular weight is 228 g/mol. The lowest BCUT2D eigenvalue weighted by Gasteiger charge is -2.28. The van der Waals surface area contributed by atoms with Crippen molar-refractivity contribution < 1.29 is 4.79 Å². The summed E-state index contributed by atoms with van der Waals surface area (Å²) < 4.78 is 0. The molecule has 0 aromatic heterocycles. The second-order valence-corrected chi connectivity index (χ2v) is 5.10. The van der Waals surface area contributed by atoms with Gasteiger partial charge in [-0.1, -0.05) is 36.9 Å². The molecule has 1 nitrogen and oxygen atoms in total. The summed E-state index contributed by atoms with van der Waals surface area (Å²) in [5.74, 6) is 1.15. The molecule has 0 radical (unpaired) electrons. The van der Waals surface area contributed by atoms with E-state index in [1.807, 2.05) is 6.92 Å². The van der Waals surface area contributed by atoms with Gasteiger partial charge in [0, 0.05) is 5.92 Å². The Balaban J connectivity index is 1.95. The summed E-state index contributed by atoms with van der Waals surface area (Å²) in [6.07, 6.45) is 4.30. The van der Waals surface area contributed by atoms with E-state index >= 15 is 0 Å². The van der Waals surface area contributed by atoms with E-state index in [4.69, 9.17) is 0 Å². The van der Waals surface area contributed by atoms with E-state index in [1.54, 1.807) is 0 Å². The highest BCUT2D eigenvalue weighted by Gasteiger charge is 2.26. The molecular weight excluding hydrogens is 208 g/mol. The lowest BCUT2D eigenvalue weighted by molar-refractivity contribution is -0.120. The summed E-state index contributed by atoms with van der Waals surface area (Å²) >= 11 is 0. The molecule has 1 heteroatoms. The minimum Gasteiger partial charge on any atom is -0.294 e. The summed E-state index contributed by atoms with van der Waals surface area (Å²) in [5.41, 5.74) is 2.14. The molecule has 0 aliphatic heterocycles. The number of benzene rings is 1. The molecule has 0 N–H and O–H groups in total. The molecule has 90 valence electrons. The largest absolute Gasteiger partial charge is 0.294 e. The number of allylic oxidation sites excluding steroid dienone is 1. The quantitative estimate of drug-likeness (QED) is 0.712. The molecule has 17 heavy (non-hydrogen) atoms. The SMILES string of the molecule is C=C(C)C(=O)C1CCC(c2ccccc2)CC1. The van der Waals surface area contributed by atoms with Gasteiger partial charge in [0.1, 0.15) is 0 Å². The summed E-state index contributed by atoms with van der Waals surface area (Å²) in [5, 5.41) is 0. The molecule has 0 unspecified atom stereocenters. The molecule has 0 spiro atoms. The first kappa shape index (κ1) is 12.1. The van der Waals surface area contributed by atoms with Gasteiger partial charge in [-0.25, -0.2) is 0 Å². The molecule has 1 fully saturated rings. The van der Waals surface area contributed by atoms with Crippen molar-refractivity contribution in [3.05, 3.63) is 48.0 Å². The first-order chi connectivity index (χ1) is 8.18. The van der Waals surface area contributed by atoms with Crippen LogP contribution in [0.15, 0.2) is 42.5 Å². The van der Waals surface area contributed by atoms with E-state index in [1.165, 1.54) is 5.56 Å². The van der Waals surface area contributed by atoms with E-state index in [0.717, 1.165) is 25.7 Å². The first-order valence-corrected chi connectivity index (χ1v) is 6.43. The van der Waals surface area contributed by atoms with Crippen molar-refractivity contribution in [1.82, 2.24) is 0 Å². The Morgan fingerprint density at radius 3 is 2.24 bits per heavy atom. The summed E-state index contributed by atoms with van der Waals surface area (Å²) in [4.78, 5) is 11.8. The van der Waals surface area contributed by atoms with Gasteiger partial charge in [0.05, 0.1) is 0 Å². The van der Waals surface area contributed by atoms with Gasteiger partial charge in [-0.05, 0) is 49.7 Å². The van der Waals surface area contributed by atoms with Gasteiger partial charge in [0.15, 0.2) is 5.78 Å². The fraction of sp³-hybridized carbons (Fsp3) is 0.438. The number of ketones is 1. The van der Waals surface area contributed by atoms with Gasteiger partial charge in [-0.15, -0.1) is 0 Å². The summed E-state index contributed by atoms with van der Waals surface area (Å²) in [6.45, 7) is 5.58. The molecule has 0 saturated heterocycles. The molecule has 0 atom stereocenters. The smallest absolute Gasteiger partial charge is 0.161 e. The van der Waals surface area contributed by atoms with Crippen LogP contribution in [0.3, 0.4) is 0 Å². The molecule has 1 saturated carbocycles. The predicted octanol–water partition coefficient (Wildman–Crippen LogP) is 4.11. The second kappa shape index (κ2) is 5.31. The maximum absolute atomic E-state index is 11.8. The van der Waals surface area contributed by atoms with E-state index in [9.17, 15) is 4.79 Å². The minimum absolute atomic E-state index is 0.229. The zero-order valence-corrected chi connectivity index (χ0v) is 10.5. The predicted molar refractivity (Wildman–Crippen MR) is 71.0 cm³/mol. The van der Waals surface area contributed by atoms with Crippen molar-refractivity contribution in [2.75, 3.05) is 0 Å². The van der Waals surface area contributed by atoms with Crippen molar-refractivity contribution in [2.24, 2.45) is 5.92 Å². The molecule has 0 heterocycles. The number of hydrogen-bond acceptors (Lipinski definition) is 1. The Morgan fingerprint density at radius 2 is 1.71 bits per heavy atom. The van der Waals surface area contributed by atoms with Crippen LogP contribution < -0.4 is 0 Å². The molecule has 2 rings (SSSR count). The van der Waals surface area contributed by atoms with Crippen LogP contribution in [0.1, 0.15) is 44.1 Å². The van der Waals surface area contributed by atoms with Crippen molar-refractivity contribution in [3.8, 4) is 0 Å². The van der Waals surface area contributed by atoms with Crippen molar-refractivity contribution in [1.29, 1.82) is 0 Å². The minimum atomic E-state index is 0.229. The number of hydrogen-bond donors (Lipinski definition) is 0. The number of Topliss-reactive ketones (excluding diaryl/α,β-unsaturated/α-hetero) is 1.